The fraction of sp³-hybridized carbons (Fsp3) is 0.429. The van der Waals surface area contributed by atoms with Crippen LogP contribution in [0.5, 0.6) is 17.2 Å². The highest BCUT2D eigenvalue weighted by Crippen LogP contribution is 2.28. The molecule has 0 atom stereocenters. The van der Waals surface area contributed by atoms with E-state index in [9.17, 15) is 9.59 Å². The highest BCUT2D eigenvalue weighted by atomic mass is 16.5. The van der Waals surface area contributed by atoms with Gasteiger partial charge in [0.2, 0.25) is 5.43 Å². The maximum absolute atomic E-state index is 12.4. The van der Waals surface area contributed by atoms with Gasteiger partial charge in [0.25, 0.3) is 5.91 Å². The van der Waals surface area contributed by atoms with Crippen molar-refractivity contribution in [1.29, 1.82) is 0 Å². The molecule has 1 fully saturated rings. The topological polar surface area (TPSA) is 92.9 Å². The van der Waals surface area contributed by atoms with Gasteiger partial charge in [0.15, 0.2) is 17.2 Å². The third-order valence-electron chi connectivity index (χ3n) is 5.12. The van der Waals surface area contributed by atoms with Gasteiger partial charge in [-0.2, -0.15) is 0 Å². The van der Waals surface area contributed by atoms with Crippen LogP contribution in [-0.4, -0.2) is 56.3 Å². The molecule has 0 spiro atoms. The summed E-state index contributed by atoms with van der Waals surface area (Å²) in [4.78, 5) is 29.4. The first-order valence-corrected chi connectivity index (χ1v) is 9.55. The summed E-state index contributed by atoms with van der Waals surface area (Å²) in [5.41, 5.74) is 1.07. The zero-order valence-corrected chi connectivity index (χ0v) is 17.0. The van der Waals surface area contributed by atoms with Gasteiger partial charge in [-0.25, -0.2) is 0 Å². The first-order chi connectivity index (χ1) is 14.0. The highest BCUT2D eigenvalue weighted by molar-refractivity contribution is 5.92. The van der Waals surface area contributed by atoms with Crippen molar-refractivity contribution in [2.45, 2.75) is 25.4 Å². The molecular weight excluding hydrogens is 374 g/mol. The van der Waals surface area contributed by atoms with Crippen molar-refractivity contribution < 1.29 is 19.0 Å². The minimum Gasteiger partial charge on any atom is -0.493 e. The average Bonchev–Trinajstić information content (AvgIpc) is 2.74. The second-order valence-corrected chi connectivity index (χ2v) is 6.99. The number of pyridine rings is 1. The molecule has 2 heterocycles. The fourth-order valence-electron chi connectivity index (χ4n) is 3.48. The second-order valence-electron chi connectivity index (χ2n) is 6.99. The van der Waals surface area contributed by atoms with Gasteiger partial charge < -0.3 is 24.5 Å². The molecule has 0 bridgehead atoms. The molecule has 0 aliphatic carbocycles. The Balaban J connectivity index is 1.52. The molecule has 8 nitrogen and oxygen atoms in total. The van der Waals surface area contributed by atoms with E-state index in [4.69, 9.17) is 14.2 Å². The molecule has 2 N–H and O–H groups in total. The summed E-state index contributed by atoms with van der Waals surface area (Å²) in [5.74, 6) is 1.35. The molecule has 29 heavy (non-hydrogen) atoms. The highest BCUT2D eigenvalue weighted by Gasteiger charge is 2.22. The number of likely N-dealkylation sites (tertiary alicyclic amines) is 1. The number of rotatable bonds is 7. The zero-order valence-electron chi connectivity index (χ0n) is 17.0. The number of hydrogen-bond donors (Lipinski definition) is 2. The Morgan fingerprint density at radius 1 is 1.07 bits per heavy atom. The lowest BCUT2D eigenvalue weighted by Gasteiger charge is -2.32. The minimum absolute atomic E-state index is 0.0785. The Morgan fingerprint density at radius 3 is 2.38 bits per heavy atom. The molecule has 2 aromatic rings. The summed E-state index contributed by atoms with van der Waals surface area (Å²) in [6, 6.07) is 7.29. The summed E-state index contributed by atoms with van der Waals surface area (Å²) in [7, 11) is 4.67. The van der Waals surface area contributed by atoms with Crippen molar-refractivity contribution in [3.63, 3.8) is 0 Å². The number of aromatic amines is 1. The molecule has 1 aliphatic rings. The van der Waals surface area contributed by atoms with Crippen LogP contribution in [0.25, 0.3) is 0 Å². The van der Waals surface area contributed by atoms with Crippen LogP contribution < -0.4 is 25.0 Å². The zero-order chi connectivity index (χ0) is 20.8. The van der Waals surface area contributed by atoms with Gasteiger partial charge >= 0.3 is 0 Å². The Bertz CT molecular complexity index is 903. The number of ether oxygens (including phenoxy) is 3. The molecule has 1 saturated heterocycles. The summed E-state index contributed by atoms with van der Waals surface area (Å²) in [6.07, 6.45) is 3.10. The number of H-pyrrole nitrogens is 1. The van der Waals surface area contributed by atoms with Crippen molar-refractivity contribution in [3.05, 3.63) is 51.9 Å². The number of nitrogens with one attached hydrogen (secondary N) is 2. The van der Waals surface area contributed by atoms with E-state index in [1.807, 2.05) is 18.2 Å². The molecule has 1 aromatic heterocycles. The SMILES string of the molecule is COc1ccc(CN2CCC(NC(=O)c3cc(=O)c(OC)c[nH]3)CC2)cc1OC. The van der Waals surface area contributed by atoms with Crippen molar-refractivity contribution in [2.24, 2.45) is 0 Å². The van der Waals surface area contributed by atoms with Crippen molar-refractivity contribution in [2.75, 3.05) is 34.4 Å². The molecule has 8 heteroatoms. The molecule has 0 saturated carbocycles. The Kier molecular flexibility index (Phi) is 6.77. The standard InChI is InChI=1S/C21H27N3O5/c1-27-18-5-4-14(10-19(18)28-2)13-24-8-6-15(7-9-24)23-21(26)16-11-17(25)20(29-3)12-22-16/h4-5,10-12,15H,6-9,13H2,1-3H3,(H,22,25)(H,23,26). The fourth-order valence-corrected chi connectivity index (χ4v) is 3.48. The maximum atomic E-state index is 12.4. The van der Waals surface area contributed by atoms with Crippen LogP contribution in [0, 0.1) is 0 Å². The van der Waals surface area contributed by atoms with Gasteiger partial charge in [-0.15, -0.1) is 0 Å². The van der Waals surface area contributed by atoms with Crippen LogP contribution in [0.2, 0.25) is 0 Å². The molecule has 0 radical (unpaired) electrons. The van der Waals surface area contributed by atoms with E-state index in [1.54, 1.807) is 14.2 Å². The minimum atomic E-state index is -0.318. The summed E-state index contributed by atoms with van der Waals surface area (Å²) >= 11 is 0. The first kappa shape index (κ1) is 20.7. The third kappa shape index (κ3) is 5.08. The number of nitrogens with zero attached hydrogens (tertiary/aromatic N) is 1. The van der Waals surface area contributed by atoms with Gasteiger partial charge in [0, 0.05) is 37.9 Å². The van der Waals surface area contributed by atoms with Crippen molar-refractivity contribution in [3.8, 4) is 17.2 Å². The van der Waals surface area contributed by atoms with Crippen LogP contribution in [0.1, 0.15) is 28.9 Å². The summed E-state index contributed by atoms with van der Waals surface area (Å²) < 4.78 is 15.6. The van der Waals surface area contributed by atoms with Crippen molar-refractivity contribution >= 4 is 5.91 Å². The van der Waals surface area contributed by atoms with Crippen molar-refractivity contribution in [1.82, 2.24) is 15.2 Å². The predicted molar refractivity (Wildman–Crippen MR) is 109 cm³/mol. The third-order valence-corrected chi connectivity index (χ3v) is 5.12. The predicted octanol–water partition coefficient (Wildman–Crippen LogP) is 1.80. The number of benzene rings is 1. The van der Waals surface area contributed by atoms with Crippen LogP contribution in [0.15, 0.2) is 35.3 Å². The molecule has 1 aliphatic heterocycles. The summed E-state index contributed by atoms with van der Waals surface area (Å²) in [6.45, 7) is 2.56. The van der Waals surface area contributed by atoms with E-state index in [0.29, 0.717) is 5.75 Å². The first-order valence-electron chi connectivity index (χ1n) is 9.55. The van der Waals surface area contributed by atoms with Crippen LogP contribution in [0.3, 0.4) is 0 Å². The van der Waals surface area contributed by atoms with Gasteiger partial charge in [0.05, 0.1) is 21.3 Å². The molecule has 1 amide bonds. The molecule has 1 aromatic carbocycles. The number of amides is 1. The van der Waals surface area contributed by atoms with Gasteiger partial charge in [-0.1, -0.05) is 6.07 Å². The smallest absolute Gasteiger partial charge is 0.268 e. The summed E-state index contributed by atoms with van der Waals surface area (Å²) in [5, 5.41) is 3.00. The lowest BCUT2D eigenvalue weighted by Crippen LogP contribution is -2.44. The largest absolute Gasteiger partial charge is 0.493 e. The number of hydrogen-bond acceptors (Lipinski definition) is 6. The number of piperidine rings is 1. The van der Waals surface area contributed by atoms with E-state index in [-0.39, 0.29) is 28.8 Å². The Hall–Kier alpha value is -3.00. The van der Waals surface area contributed by atoms with Crippen LogP contribution in [-0.2, 0) is 6.54 Å². The Morgan fingerprint density at radius 2 is 1.76 bits per heavy atom. The lowest BCUT2D eigenvalue weighted by molar-refractivity contribution is 0.0903. The van der Waals surface area contributed by atoms with E-state index < -0.39 is 0 Å². The quantitative estimate of drug-likeness (QED) is 0.735. The molecule has 0 unspecified atom stereocenters. The number of carbonyl (C=O) groups excluding carboxylic acids is 1. The number of methoxy groups -OCH3 is 3. The number of carbonyl (C=O) groups is 1. The van der Waals surface area contributed by atoms with Gasteiger partial charge in [0.1, 0.15) is 5.69 Å². The normalized spacial score (nSPS) is 15.0. The van der Waals surface area contributed by atoms with E-state index in [1.165, 1.54) is 19.4 Å². The van der Waals surface area contributed by atoms with E-state index in [0.717, 1.165) is 43.8 Å². The Labute approximate surface area is 169 Å². The van der Waals surface area contributed by atoms with Crippen LogP contribution >= 0.6 is 0 Å². The average molecular weight is 401 g/mol. The van der Waals surface area contributed by atoms with Gasteiger partial charge in [-0.05, 0) is 30.5 Å². The molecular formula is C21H27N3O5. The molecule has 3 rings (SSSR count). The lowest BCUT2D eigenvalue weighted by atomic mass is 10.0. The maximum Gasteiger partial charge on any atom is 0.268 e. The number of aromatic nitrogens is 1. The molecule has 156 valence electrons. The monoisotopic (exact) mass is 401 g/mol. The van der Waals surface area contributed by atoms with E-state index in [2.05, 4.69) is 15.2 Å². The van der Waals surface area contributed by atoms with Crippen LogP contribution in [0.4, 0.5) is 0 Å². The second kappa shape index (κ2) is 9.47. The van der Waals surface area contributed by atoms with Gasteiger partial charge in [-0.3, -0.25) is 14.5 Å². The van der Waals surface area contributed by atoms with E-state index >= 15 is 0 Å².